The molecule has 0 fully saturated rings. The molecule has 0 aliphatic carbocycles. The highest BCUT2D eigenvalue weighted by Crippen LogP contribution is 2.32. The number of hydrogen-bond donors (Lipinski definition) is 2. The van der Waals surface area contributed by atoms with Crippen molar-refractivity contribution in [3.63, 3.8) is 0 Å². The van der Waals surface area contributed by atoms with Crippen LogP contribution in [-0.2, 0) is 24.5 Å². The van der Waals surface area contributed by atoms with Crippen LogP contribution in [0.25, 0.3) is 0 Å². The molecular weight excluding hydrogens is 534 g/mol. The summed E-state index contributed by atoms with van der Waals surface area (Å²) in [5, 5.41) is 12.6. The summed E-state index contributed by atoms with van der Waals surface area (Å²) in [5.74, 6) is -1.97. The highest BCUT2D eigenvalue weighted by atomic mass is 16.6. The Balaban J connectivity index is 3.61. The van der Waals surface area contributed by atoms with Gasteiger partial charge in [-0.05, 0) is 44.1 Å². The topological polar surface area (TPSA) is 116 Å². The largest absolute Gasteiger partial charge is 0.478 e. The van der Waals surface area contributed by atoms with Crippen LogP contribution >= 0.6 is 0 Å². The summed E-state index contributed by atoms with van der Waals surface area (Å²) in [5.41, 5.74) is -1.30. The first-order chi connectivity index (χ1) is 19.1. The number of ether oxygens (including phenoxy) is 1. The maximum absolute atomic E-state index is 14.3. The molecule has 1 aromatic rings. The van der Waals surface area contributed by atoms with Gasteiger partial charge in [0.1, 0.15) is 17.7 Å². The van der Waals surface area contributed by atoms with E-state index in [1.807, 2.05) is 78.8 Å². The lowest BCUT2D eigenvalue weighted by molar-refractivity contribution is -0.142. The van der Waals surface area contributed by atoms with Gasteiger partial charge in [0.15, 0.2) is 0 Å². The van der Waals surface area contributed by atoms with Crippen LogP contribution in [0.4, 0.5) is 4.79 Å². The predicted octanol–water partition coefficient (Wildman–Crippen LogP) is 5.63. The minimum absolute atomic E-state index is 0.0840. The van der Waals surface area contributed by atoms with Gasteiger partial charge in [0.2, 0.25) is 11.8 Å². The van der Waals surface area contributed by atoms with Crippen LogP contribution in [0.15, 0.2) is 42.0 Å². The Bertz CT molecular complexity index is 1130. The van der Waals surface area contributed by atoms with Crippen LogP contribution in [0.1, 0.15) is 88.1 Å². The lowest BCUT2D eigenvalue weighted by Gasteiger charge is -2.42. The molecule has 236 valence electrons. The SMILES string of the molecule is CC/C(=C\[C@H](C(C)C)N(C)C(=O)[C@@H](NC(=O)[C@@H](N(C)C(=O)OC(C)(C)C)C(C)(C)c1ccccc1)C(C)(C)C)C(=O)O. The first-order valence-electron chi connectivity index (χ1n) is 14.6. The fraction of sp³-hybridized carbons (Fsp3) is 0.636. The number of carboxylic acids is 1. The monoisotopic (exact) mass is 587 g/mol. The first kappa shape index (κ1) is 36.7. The number of carboxylic acid groups (broad SMARTS) is 1. The van der Waals surface area contributed by atoms with Crippen molar-refractivity contribution in [1.29, 1.82) is 0 Å². The van der Waals surface area contributed by atoms with Crippen molar-refractivity contribution in [1.82, 2.24) is 15.1 Å². The van der Waals surface area contributed by atoms with E-state index >= 15 is 0 Å². The highest BCUT2D eigenvalue weighted by molar-refractivity contribution is 5.93. The van der Waals surface area contributed by atoms with E-state index < -0.39 is 52.5 Å². The summed E-state index contributed by atoms with van der Waals surface area (Å²) in [6, 6.07) is 6.91. The summed E-state index contributed by atoms with van der Waals surface area (Å²) >= 11 is 0. The van der Waals surface area contributed by atoms with Gasteiger partial charge in [-0.1, -0.05) is 91.8 Å². The van der Waals surface area contributed by atoms with E-state index in [9.17, 15) is 24.3 Å². The molecule has 0 spiro atoms. The minimum atomic E-state index is -1.03. The third kappa shape index (κ3) is 9.60. The van der Waals surface area contributed by atoms with Crippen LogP contribution in [-0.4, -0.2) is 76.6 Å². The molecule has 0 aliphatic rings. The van der Waals surface area contributed by atoms with Crippen molar-refractivity contribution >= 4 is 23.9 Å². The third-order valence-electron chi connectivity index (χ3n) is 7.42. The van der Waals surface area contributed by atoms with Crippen LogP contribution < -0.4 is 5.32 Å². The van der Waals surface area contributed by atoms with E-state index in [1.165, 1.54) is 16.8 Å². The molecular formula is C33H53N3O6. The number of rotatable bonds is 11. The molecule has 1 rings (SSSR count). The number of amides is 3. The minimum Gasteiger partial charge on any atom is -0.478 e. The smallest absolute Gasteiger partial charge is 0.410 e. The Labute approximate surface area is 252 Å². The zero-order chi connectivity index (χ0) is 32.8. The van der Waals surface area contributed by atoms with Gasteiger partial charge in [0.05, 0.1) is 6.04 Å². The zero-order valence-corrected chi connectivity index (χ0v) is 27.9. The van der Waals surface area contributed by atoms with Gasteiger partial charge in [-0.2, -0.15) is 0 Å². The van der Waals surface area contributed by atoms with Crippen molar-refractivity contribution < 1.29 is 29.0 Å². The number of carbonyl (C=O) groups excluding carboxylic acids is 3. The molecule has 0 radical (unpaired) electrons. The number of aliphatic carboxylic acids is 1. The van der Waals surface area contributed by atoms with Crippen molar-refractivity contribution in [2.75, 3.05) is 14.1 Å². The van der Waals surface area contributed by atoms with Crippen LogP contribution in [0.5, 0.6) is 0 Å². The normalized spacial score (nSPS) is 15.0. The Morgan fingerprint density at radius 2 is 1.45 bits per heavy atom. The van der Waals surface area contributed by atoms with Crippen LogP contribution in [0.2, 0.25) is 0 Å². The van der Waals surface area contributed by atoms with Gasteiger partial charge in [-0.3, -0.25) is 14.5 Å². The summed E-state index contributed by atoms with van der Waals surface area (Å²) in [6.07, 6.45) is 1.27. The molecule has 0 unspecified atom stereocenters. The lowest BCUT2D eigenvalue weighted by Crippen LogP contribution is -2.63. The maximum Gasteiger partial charge on any atom is 0.410 e. The Morgan fingerprint density at radius 3 is 1.86 bits per heavy atom. The average molecular weight is 588 g/mol. The predicted molar refractivity (Wildman–Crippen MR) is 166 cm³/mol. The molecule has 0 aliphatic heterocycles. The van der Waals surface area contributed by atoms with E-state index in [0.717, 1.165) is 5.56 Å². The molecule has 2 N–H and O–H groups in total. The van der Waals surface area contributed by atoms with E-state index in [2.05, 4.69) is 5.32 Å². The van der Waals surface area contributed by atoms with Crippen molar-refractivity contribution in [2.45, 2.75) is 112 Å². The van der Waals surface area contributed by atoms with Gasteiger partial charge in [-0.25, -0.2) is 9.59 Å². The van der Waals surface area contributed by atoms with E-state index in [-0.39, 0.29) is 17.4 Å². The van der Waals surface area contributed by atoms with E-state index in [0.29, 0.717) is 6.42 Å². The standard InChI is InChI=1S/C33H53N3O6/c1-14-22(29(39)40)20-24(21(2)3)35(12)28(38)25(31(4,5)6)34-27(37)26(36(13)30(41)42-32(7,8)9)33(10,11)23-18-16-15-17-19-23/h15-21,24-26H,14H2,1-13H3,(H,34,37)(H,39,40)/b22-20+/t24-,25-,26-/m1/s1. The second kappa shape index (κ2) is 14.2. The van der Waals surface area contributed by atoms with Gasteiger partial charge >= 0.3 is 12.1 Å². The number of benzene rings is 1. The highest BCUT2D eigenvalue weighted by Gasteiger charge is 2.45. The summed E-state index contributed by atoms with van der Waals surface area (Å²) < 4.78 is 5.62. The summed E-state index contributed by atoms with van der Waals surface area (Å²) in [7, 11) is 3.16. The molecule has 9 heteroatoms. The molecule has 0 saturated heterocycles. The Morgan fingerprint density at radius 1 is 0.929 bits per heavy atom. The molecule has 42 heavy (non-hydrogen) atoms. The molecule has 3 amide bonds. The zero-order valence-electron chi connectivity index (χ0n) is 27.9. The summed E-state index contributed by atoms with van der Waals surface area (Å²) in [4.78, 5) is 56.1. The van der Waals surface area contributed by atoms with Crippen LogP contribution in [0.3, 0.4) is 0 Å². The average Bonchev–Trinajstić information content (AvgIpc) is 2.85. The van der Waals surface area contributed by atoms with Crippen molar-refractivity contribution in [3.05, 3.63) is 47.5 Å². The van der Waals surface area contributed by atoms with Crippen LogP contribution in [0, 0.1) is 11.3 Å². The molecule has 0 aromatic heterocycles. The second-order valence-electron chi connectivity index (χ2n) is 13.9. The number of hydrogen-bond acceptors (Lipinski definition) is 5. The number of nitrogens with zero attached hydrogens (tertiary/aromatic N) is 2. The van der Waals surface area contributed by atoms with Gasteiger partial charge in [-0.15, -0.1) is 0 Å². The number of carbonyl (C=O) groups is 4. The van der Waals surface area contributed by atoms with Gasteiger partial charge in [0.25, 0.3) is 0 Å². The van der Waals surface area contributed by atoms with E-state index in [4.69, 9.17) is 4.74 Å². The fourth-order valence-corrected chi connectivity index (χ4v) is 4.97. The fourth-order valence-electron chi connectivity index (χ4n) is 4.97. The molecule has 0 saturated carbocycles. The van der Waals surface area contributed by atoms with Crippen molar-refractivity contribution in [3.8, 4) is 0 Å². The molecule has 0 bridgehead atoms. The molecule has 9 nitrogen and oxygen atoms in total. The quantitative estimate of drug-likeness (QED) is 0.324. The number of nitrogens with one attached hydrogen (secondary N) is 1. The molecule has 3 atom stereocenters. The van der Waals surface area contributed by atoms with Gasteiger partial charge < -0.3 is 20.1 Å². The molecule has 0 heterocycles. The Hall–Kier alpha value is -3.36. The van der Waals surface area contributed by atoms with E-state index in [1.54, 1.807) is 40.8 Å². The lowest BCUT2D eigenvalue weighted by atomic mass is 9.76. The third-order valence-corrected chi connectivity index (χ3v) is 7.42. The molecule has 1 aromatic carbocycles. The number of likely N-dealkylation sites (N-methyl/N-ethyl adjacent to an activating group) is 2. The summed E-state index contributed by atoms with van der Waals surface area (Å²) in [6.45, 7) is 20.2. The van der Waals surface area contributed by atoms with Crippen molar-refractivity contribution in [2.24, 2.45) is 11.3 Å². The maximum atomic E-state index is 14.3. The Kier molecular flexibility index (Phi) is 12.4. The first-order valence-corrected chi connectivity index (χ1v) is 14.6. The van der Waals surface area contributed by atoms with Gasteiger partial charge in [0, 0.05) is 25.1 Å². The second-order valence-corrected chi connectivity index (χ2v) is 13.9.